The van der Waals surface area contributed by atoms with E-state index in [1.807, 2.05) is 19.9 Å². The summed E-state index contributed by atoms with van der Waals surface area (Å²) in [5.41, 5.74) is 3.79. The monoisotopic (exact) mass is 245 g/mol. The lowest BCUT2D eigenvalue weighted by Gasteiger charge is -2.14. The number of rotatable bonds is 2. The van der Waals surface area contributed by atoms with Gasteiger partial charge in [-0.15, -0.1) is 0 Å². The highest BCUT2D eigenvalue weighted by Gasteiger charge is 2.15. The van der Waals surface area contributed by atoms with Crippen LogP contribution in [0.5, 0.6) is 0 Å². The molecule has 0 aliphatic heterocycles. The molecular formula is C15H16FNO. The van der Waals surface area contributed by atoms with Gasteiger partial charge < -0.3 is 5.11 Å². The first-order chi connectivity index (χ1) is 8.49. The summed E-state index contributed by atoms with van der Waals surface area (Å²) in [4.78, 5) is 4.26. The first kappa shape index (κ1) is 12.7. The Morgan fingerprint density at radius 1 is 1.11 bits per heavy atom. The SMILES string of the molecule is Cc1cnc(C(O)c2ccc(F)c(C)c2)c(C)c1. The highest BCUT2D eigenvalue weighted by atomic mass is 19.1. The van der Waals surface area contributed by atoms with Crippen LogP contribution in [0, 0.1) is 26.6 Å². The molecule has 0 radical (unpaired) electrons. The van der Waals surface area contributed by atoms with Crippen LogP contribution in [0.25, 0.3) is 0 Å². The smallest absolute Gasteiger partial charge is 0.126 e. The second kappa shape index (κ2) is 4.86. The molecule has 1 aromatic carbocycles. The minimum Gasteiger partial charge on any atom is -0.382 e. The van der Waals surface area contributed by atoms with E-state index < -0.39 is 6.10 Å². The van der Waals surface area contributed by atoms with Gasteiger partial charge in [0.25, 0.3) is 0 Å². The van der Waals surface area contributed by atoms with Crippen molar-refractivity contribution < 1.29 is 9.50 Å². The van der Waals surface area contributed by atoms with E-state index in [4.69, 9.17) is 0 Å². The zero-order valence-electron chi connectivity index (χ0n) is 10.7. The van der Waals surface area contributed by atoms with E-state index in [-0.39, 0.29) is 5.82 Å². The topological polar surface area (TPSA) is 33.1 Å². The van der Waals surface area contributed by atoms with Crippen molar-refractivity contribution in [1.82, 2.24) is 4.98 Å². The molecular weight excluding hydrogens is 229 g/mol. The van der Waals surface area contributed by atoms with Gasteiger partial charge in [-0.05, 0) is 49.1 Å². The minimum atomic E-state index is -0.815. The molecule has 18 heavy (non-hydrogen) atoms. The van der Waals surface area contributed by atoms with Crippen LogP contribution < -0.4 is 0 Å². The molecule has 0 aliphatic rings. The number of nitrogens with zero attached hydrogens (tertiary/aromatic N) is 1. The molecule has 2 rings (SSSR count). The first-order valence-electron chi connectivity index (χ1n) is 5.86. The number of pyridine rings is 1. The quantitative estimate of drug-likeness (QED) is 0.881. The number of benzene rings is 1. The molecule has 0 saturated heterocycles. The number of aromatic nitrogens is 1. The molecule has 0 aliphatic carbocycles. The van der Waals surface area contributed by atoms with Crippen LogP contribution in [0.4, 0.5) is 4.39 Å². The van der Waals surface area contributed by atoms with Crippen molar-refractivity contribution in [3.8, 4) is 0 Å². The lowest BCUT2D eigenvalue weighted by Crippen LogP contribution is -2.05. The van der Waals surface area contributed by atoms with E-state index in [1.165, 1.54) is 6.07 Å². The van der Waals surface area contributed by atoms with Gasteiger partial charge in [-0.3, -0.25) is 4.98 Å². The molecule has 2 aromatic rings. The van der Waals surface area contributed by atoms with Crippen molar-refractivity contribution in [3.63, 3.8) is 0 Å². The van der Waals surface area contributed by atoms with Crippen LogP contribution in [0.1, 0.15) is 34.1 Å². The Balaban J connectivity index is 2.41. The molecule has 1 unspecified atom stereocenters. The van der Waals surface area contributed by atoms with Crippen LogP contribution in [0.2, 0.25) is 0 Å². The third-order valence-electron chi connectivity index (χ3n) is 3.01. The van der Waals surface area contributed by atoms with E-state index in [0.717, 1.165) is 11.1 Å². The van der Waals surface area contributed by atoms with Gasteiger partial charge in [0.2, 0.25) is 0 Å². The Labute approximate surface area is 106 Å². The van der Waals surface area contributed by atoms with Crippen molar-refractivity contribution in [2.45, 2.75) is 26.9 Å². The number of aliphatic hydroxyl groups is 1. The fourth-order valence-corrected chi connectivity index (χ4v) is 2.01. The Hall–Kier alpha value is -1.74. The number of hydrogen-bond donors (Lipinski definition) is 1. The first-order valence-corrected chi connectivity index (χ1v) is 5.86. The van der Waals surface area contributed by atoms with E-state index in [2.05, 4.69) is 4.98 Å². The summed E-state index contributed by atoms with van der Waals surface area (Å²) in [6, 6.07) is 6.59. The molecule has 1 N–H and O–H groups in total. The molecule has 1 atom stereocenters. The van der Waals surface area contributed by atoms with Crippen LogP contribution in [0.15, 0.2) is 30.5 Å². The third kappa shape index (κ3) is 2.41. The van der Waals surface area contributed by atoms with Gasteiger partial charge in [-0.2, -0.15) is 0 Å². The minimum absolute atomic E-state index is 0.264. The fraction of sp³-hybridized carbons (Fsp3) is 0.267. The Morgan fingerprint density at radius 3 is 2.44 bits per heavy atom. The van der Waals surface area contributed by atoms with Gasteiger partial charge in [0.05, 0.1) is 5.69 Å². The Bertz CT molecular complexity index is 581. The number of halogens is 1. The summed E-state index contributed by atoms with van der Waals surface area (Å²) >= 11 is 0. The third-order valence-corrected chi connectivity index (χ3v) is 3.01. The fourth-order valence-electron chi connectivity index (χ4n) is 2.01. The molecule has 1 heterocycles. The molecule has 0 bridgehead atoms. The van der Waals surface area contributed by atoms with Crippen molar-refractivity contribution in [1.29, 1.82) is 0 Å². The number of aryl methyl sites for hydroxylation is 3. The average Bonchev–Trinajstić information content (AvgIpc) is 2.32. The number of hydrogen-bond acceptors (Lipinski definition) is 2. The van der Waals surface area contributed by atoms with E-state index in [9.17, 15) is 9.50 Å². The van der Waals surface area contributed by atoms with Crippen LogP contribution >= 0.6 is 0 Å². The van der Waals surface area contributed by atoms with Gasteiger partial charge in [0.15, 0.2) is 0 Å². The normalized spacial score (nSPS) is 12.5. The molecule has 0 fully saturated rings. The zero-order chi connectivity index (χ0) is 13.3. The highest BCUT2D eigenvalue weighted by molar-refractivity contribution is 5.34. The van der Waals surface area contributed by atoms with Crippen molar-refractivity contribution in [2.24, 2.45) is 0 Å². The molecule has 0 amide bonds. The van der Waals surface area contributed by atoms with Crippen LogP contribution in [-0.4, -0.2) is 10.1 Å². The summed E-state index contributed by atoms with van der Waals surface area (Å²) in [5, 5.41) is 10.3. The maximum atomic E-state index is 13.2. The second-order valence-electron chi connectivity index (χ2n) is 4.63. The molecule has 1 aromatic heterocycles. The van der Waals surface area contributed by atoms with Crippen molar-refractivity contribution >= 4 is 0 Å². The summed E-state index contributed by atoms with van der Waals surface area (Å²) in [6.07, 6.45) is 0.909. The molecule has 3 heteroatoms. The van der Waals surface area contributed by atoms with Crippen LogP contribution in [0.3, 0.4) is 0 Å². The van der Waals surface area contributed by atoms with E-state index >= 15 is 0 Å². The standard InChI is InChI=1S/C15H16FNO/c1-9-6-11(3)14(17-8-9)15(18)12-4-5-13(16)10(2)7-12/h4-8,15,18H,1-3H3. The maximum absolute atomic E-state index is 13.2. The zero-order valence-corrected chi connectivity index (χ0v) is 10.7. The van der Waals surface area contributed by atoms with Crippen molar-refractivity contribution in [2.75, 3.05) is 0 Å². The van der Waals surface area contributed by atoms with E-state index in [1.54, 1.807) is 25.3 Å². The lowest BCUT2D eigenvalue weighted by molar-refractivity contribution is 0.214. The van der Waals surface area contributed by atoms with Gasteiger partial charge in [-0.25, -0.2) is 4.39 Å². The maximum Gasteiger partial charge on any atom is 0.126 e. The van der Waals surface area contributed by atoms with Gasteiger partial charge in [0, 0.05) is 6.20 Å². The Morgan fingerprint density at radius 2 is 1.83 bits per heavy atom. The summed E-state index contributed by atoms with van der Waals surface area (Å²) in [5.74, 6) is -0.264. The lowest BCUT2D eigenvalue weighted by atomic mass is 10.0. The van der Waals surface area contributed by atoms with E-state index in [0.29, 0.717) is 16.8 Å². The highest BCUT2D eigenvalue weighted by Crippen LogP contribution is 2.24. The largest absolute Gasteiger partial charge is 0.382 e. The van der Waals surface area contributed by atoms with Crippen LogP contribution in [-0.2, 0) is 0 Å². The number of aliphatic hydroxyl groups excluding tert-OH is 1. The second-order valence-corrected chi connectivity index (χ2v) is 4.63. The Kier molecular flexibility index (Phi) is 3.43. The molecule has 0 saturated carbocycles. The molecule has 2 nitrogen and oxygen atoms in total. The van der Waals surface area contributed by atoms with Crippen molar-refractivity contribution in [3.05, 3.63) is 64.2 Å². The predicted molar refractivity (Wildman–Crippen MR) is 68.9 cm³/mol. The van der Waals surface area contributed by atoms with Gasteiger partial charge in [-0.1, -0.05) is 18.2 Å². The molecule has 0 spiro atoms. The predicted octanol–water partition coefficient (Wildman–Crippen LogP) is 3.23. The summed E-state index contributed by atoms with van der Waals surface area (Å²) in [7, 11) is 0. The summed E-state index contributed by atoms with van der Waals surface area (Å²) in [6.45, 7) is 5.55. The summed E-state index contributed by atoms with van der Waals surface area (Å²) < 4.78 is 13.2. The molecule has 94 valence electrons. The average molecular weight is 245 g/mol. The van der Waals surface area contributed by atoms with Gasteiger partial charge in [0.1, 0.15) is 11.9 Å². The van der Waals surface area contributed by atoms with Gasteiger partial charge >= 0.3 is 0 Å².